The van der Waals surface area contributed by atoms with Gasteiger partial charge < -0.3 is 9.22 Å². The van der Waals surface area contributed by atoms with Gasteiger partial charge in [-0.2, -0.15) is 5.10 Å². The standard InChI is InChI=1S/C8H18O2Si.C6H11N3/c1-8(2,3)11(4,5)10-7-6-9;1-5(2)9-4-7-6(3)8-9/h6H,7H2,1-5H3;4-5H,1-3H3. The number of rotatable bonds is 4. The molecule has 1 rings (SSSR count). The van der Waals surface area contributed by atoms with Crippen LogP contribution in [0.4, 0.5) is 0 Å². The molecule has 20 heavy (non-hydrogen) atoms. The Morgan fingerprint density at radius 1 is 1.40 bits per heavy atom. The van der Waals surface area contributed by atoms with Gasteiger partial charge >= 0.3 is 0 Å². The Bertz CT molecular complexity index is 409. The average Bonchev–Trinajstić information content (AvgIpc) is 2.73. The quantitative estimate of drug-likeness (QED) is 0.632. The Labute approximate surface area is 123 Å². The molecule has 1 heterocycles. The van der Waals surface area contributed by atoms with E-state index in [4.69, 9.17) is 4.43 Å². The summed E-state index contributed by atoms with van der Waals surface area (Å²) in [4.78, 5) is 14.1. The van der Waals surface area contributed by atoms with Crippen molar-refractivity contribution in [2.75, 3.05) is 6.61 Å². The predicted molar refractivity (Wildman–Crippen MR) is 84.4 cm³/mol. The molecule has 0 unspecified atom stereocenters. The third-order valence-electron chi connectivity index (χ3n) is 3.47. The van der Waals surface area contributed by atoms with Gasteiger partial charge in [0.2, 0.25) is 0 Å². The third kappa shape index (κ3) is 6.43. The number of aldehydes is 1. The van der Waals surface area contributed by atoms with Crippen molar-refractivity contribution in [3.63, 3.8) is 0 Å². The molecule has 0 atom stereocenters. The minimum absolute atomic E-state index is 0.204. The minimum Gasteiger partial charge on any atom is -0.410 e. The first kappa shape index (κ1) is 19.0. The van der Waals surface area contributed by atoms with Gasteiger partial charge in [0.15, 0.2) is 8.32 Å². The maximum atomic E-state index is 10.1. The summed E-state index contributed by atoms with van der Waals surface area (Å²) in [6, 6.07) is 0.422. The zero-order valence-corrected chi connectivity index (χ0v) is 15.1. The van der Waals surface area contributed by atoms with E-state index in [0.717, 1.165) is 12.1 Å². The van der Waals surface area contributed by atoms with Crippen molar-refractivity contribution in [3.8, 4) is 0 Å². The van der Waals surface area contributed by atoms with E-state index in [9.17, 15) is 4.79 Å². The summed E-state index contributed by atoms with van der Waals surface area (Å²) in [6.07, 6.45) is 2.57. The van der Waals surface area contributed by atoms with Gasteiger partial charge in [0.25, 0.3) is 0 Å². The van der Waals surface area contributed by atoms with Crippen LogP contribution in [0, 0.1) is 6.92 Å². The van der Waals surface area contributed by atoms with Crippen LogP contribution >= 0.6 is 0 Å². The van der Waals surface area contributed by atoms with E-state index in [2.05, 4.69) is 57.8 Å². The monoisotopic (exact) mass is 299 g/mol. The fourth-order valence-electron chi connectivity index (χ4n) is 1.07. The minimum atomic E-state index is -1.66. The largest absolute Gasteiger partial charge is 0.410 e. The molecule has 0 aliphatic heterocycles. The van der Waals surface area contributed by atoms with Gasteiger partial charge in [-0.3, -0.25) is 4.68 Å². The smallest absolute Gasteiger partial charge is 0.192 e. The fourth-order valence-corrected chi connectivity index (χ4v) is 1.99. The van der Waals surface area contributed by atoms with Gasteiger partial charge in [-0.15, -0.1) is 0 Å². The number of carbonyl (C=O) groups is 1. The molecule has 116 valence electrons. The van der Waals surface area contributed by atoms with E-state index in [1.165, 1.54) is 0 Å². The zero-order valence-electron chi connectivity index (χ0n) is 14.1. The Balaban J connectivity index is 0.000000367. The van der Waals surface area contributed by atoms with Gasteiger partial charge in [0.1, 0.15) is 18.4 Å². The Morgan fingerprint density at radius 2 is 1.95 bits per heavy atom. The molecule has 0 spiro atoms. The summed E-state index contributed by atoms with van der Waals surface area (Å²) in [5.41, 5.74) is 0. The molecular formula is C14H29N3O2Si. The fraction of sp³-hybridized carbons (Fsp3) is 0.786. The van der Waals surface area contributed by atoms with Crippen molar-refractivity contribution in [1.82, 2.24) is 14.8 Å². The summed E-state index contributed by atoms with van der Waals surface area (Å²) in [5, 5.41) is 4.32. The van der Waals surface area contributed by atoms with Crippen molar-refractivity contribution in [3.05, 3.63) is 12.2 Å². The van der Waals surface area contributed by atoms with Crippen LogP contribution in [0.15, 0.2) is 6.33 Å². The summed E-state index contributed by atoms with van der Waals surface area (Å²) in [7, 11) is -1.66. The molecule has 0 amide bonds. The van der Waals surface area contributed by atoms with E-state index in [1.54, 1.807) is 6.33 Å². The van der Waals surface area contributed by atoms with Crippen LogP contribution in [0.5, 0.6) is 0 Å². The highest BCUT2D eigenvalue weighted by Gasteiger charge is 2.36. The number of aromatic nitrogens is 3. The first-order valence-electron chi connectivity index (χ1n) is 6.96. The van der Waals surface area contributed by atoms with Gasteiger partial charge in [-0.05, 0) is 38.9 Å². The summed E-state index contributed by atoms with van der Waals surface area (Å²) >= 11 is 0. The molecule has 1 aromatic rings. The highest BCUT2D eigenvalue weighted by atomic mass is 28.4. The second kappa shape index (κ2) is 7.69. The highest BCUT2D eigenvalue weighted by molar-refractivity contribution is 6.74. The van der Waals surface area contributed by atoms with Crippen molar-refractivity contribution in [1.29, 1.82) is 0 Å². The molecule has 0 N–H and O–H groups in total. The van der Waals surface area contributed by atoms with E-state index in [1.807, 2.05) is 11.6 Å². The van der Waals surface area contributed by atoms with Crippen LogP contribution in [0.25, 0.3) is 0 Å². The van der Waals surface area contributed by atoms with E-state index >= 15 is 0 Å². The first-order valence-corrected chi connectivity index (χ1v) is 9.87. The second-order valence-electron chi connectivity index (χ2n) is 6.60. The van der Waals surface area contributed by atoms with Crippen LogP contribution in [0.2, 0.25) is 18.1 Å². The van der Waals surface area contributed by atoms with E-state index in [0.29, 0.717) is 6.04 Å². The van der Waals surface area contributed by atoms with Crippen molar-refractivity contribution >= 4 is 14.6 Å². The Kier molecular flexibility index (Phi) is 7.30. The van der Waals surface area contributed by atoms with Crippen LogP contribution in [-0.2, 0) is 9.22 Å². The SMILES string of the molecule is CC(C)(C)[Si](C)(C)OCC=O.Cc1ncn(C(C)C)n1. The van der Waals surface area contributed by atoms with Crippen LogP contribution < -0.4 is 0 Å². The van der Waals surface area contributed by atoms with Gasteiger partial charge in [-0.25, -0.2) is 4.98 Å². The molecule has 1 aromatic heterocycles. The molecule has 0 radical (unpaired) electrons. The maximum Gasteiger partial charge on any atom is 0.192 e. The first-order chi connectivity index (χ1) is 9.01. The Hall–Kier alpha value is -1.01. The van der Waals surface area contributed by atoms with Gasteiger partial charge in [0, 0.05) is 6.04 Å². The topological polar surface area (TPSA) is 57.0 Å². The normalized spacial score (nSPS) is 12.1. The van der Waals surface area contributed by atoms with E-state index < -0.39 is 8.32 Å². The van der Waals surface area contributed by atoms with Crippen molar-refractivity contribution < 1.29 is 9.22 Å². The van der Waals surface area contributed by atoms with Crippen LogP contribution in [0.1, 0.15) is 46.5 Å². The third-order valence-corrected chi connectivity index (χ3v) is 7.97. The number of carbonyl (C=O) groups excluding carboxylic acids is 1. The molecule has 0 fully saturated rings. The highest BCUT2D eigenvalue weighted by Crippen LogP contribution is 2.36. The number of nitrogens with zero attached hydrogens (tertiary/aromatic N) is 3. The molecule has 6 heteroatoms. The number of hydrogen-bond acceptors (Lipinski definition) is 4. The lowest BCUT2D eigenvalue weighted by atomic mass is 10.2. The lowest BCUT2D eigenvalue weighted by Crippen LogP contribution is -2.41. The van der Waals surface area contributed by atoms with Gasteiger partial charge in [0.05, 0.1) is 6.61 Å². The molecule has 0 aromatic carbocycles. The Morgan fingerprint density at radius 3 is 2.20 bits per heavy atom. The maximum absolute atomic E-state index is 10.1. The van der Waals surface area contributed by atoms with Gasteiger partial charge in [-0.1, -0.05) is 20.8 Å². The molecule has 0 aliphatic carbocycles. The van der Waals surface area contributed by atoms with Crippen molar-refractivity contribution in [2.45, 2.75) is 65.7 Å². The van der Waals surface area contributed by atoms with Crippen molar-refractivity contribution in [2.24, 2.45) is 0 Å². The summed E-state index contributed by atoms with van der Waals surface area (Å²) in [6.45, 7) is 17.0. The number of hydrogen-bond donors (Lipinski definition) is 0. The average molecular weight is 299 g/mol. The van der Waals surface area contributed by atoms with E-state index in [-0.39, 0.29) is 11.6 Å². The molecule has 5 nitrogen and oxygen atoms in total. The lowest BCUT2D eigenvalue weighted by Gasteiger charge is -2.35. The number of aryl methyl sites for hydroxylation is 1. The molecular weight excluding hydrogens is 270 g/mol. The summed E-state index contributed by atoms with van der Waals surface area (Å²) < 4.78 is 7.36. The lowest BCUT2D eigenvalue weighted by molar-refractivity contribution is -0.109. The second-order valence-corrected chi connectivity index (χ2v) is 11.4. The summed E-state index contributed by atoms with van der Waals surface area (Å²) in [5.74, 6) is 0.837. The predicted octanol–water partition coefficient (Wildman–Crippen LogP) is 3.37. The van der Waals surface area contributed by atoms with Crippen LogP contribution in [0.3, 0.4) is 0 Å². The molecule has 0 bridgehead atoms. The molecule has 0 aliphatic rings. The molecule has 0 saturated heterocycles. The van der Waals surface area contributed by atoms with Crippen LogP contribution in [-0.4, -0.2) is 36.0 Å². The zero-order chi connectivity index (χ0) is 16.0. The molecule has 0 saturated carbocycles.